The van der Waals surface area contributed by atoms with Gasteiger partial charge in [-0.2, -0.15) is 0 Å². The normalized spacial score (nSPS) is 12.9. The molecule has 0 aliphatic rings. The average molecular weight is 246 g/mol. The summed E-state index contributed by atoms with van der Waals surface area (Å²) in [6.07, 6.45) is 7.60. The second-order valence-electron chi connectivity index (χ2n) is 4.77. The highest BCUT2D eigenvalue weighted by molar-refractivity contribution is 5.38. The summed E-state index contributed by atoms with van der Waals surface area (Å²) >= 11 is 0. The minimum atomic E-state index is 0.580. The van der Waals surface area contributed by atoms with Gasteiger partial charge in [-0.25, -0.2) is 0 Å². The van der Waals surface area contributed by atoms with Crippen molar-refractivity contribution >= 4 is 0 Å². The third-order valence-electron chi connectivity index (χ3n) is 3.22. The van der Waals surface area contributed by atoms with Crippen LogP contribution in [-0.2, 0) is 6.42 Å². The van der Waals surface area contributed by atoms with Crippen LogP contribution in [0.4, 0.5) is 0 Å². The predicted molar refractivity (Wildman–Crippen MR) is 79.5 cm³/mol. The third kappa shape index (κ3) is 4.21. The second-order valence-corrected chi connectivity index (χ2v) is 4.77. The van der Waals surface area contributed by atoms with E-state index in [1.807, 2.05) is 0 Å². The molecule has 1 aromatic rings. The van der Waals surface area contributed by atoms with Gasteiger partial charge in [0.25, 0.3) is 0 Å². The predicted octanol–water partition coefficient (Wildman–Crippen LogP) is 5.11. The molecule has 0 amide bonds. The van der Waals surface area contributed by atoms with Gasteiger partial charge in [0.1, 0.15) is 5.75 Å². The maximum atomic E-state index is 5.70. The zero-order valence-electron chi connectivity index (χ0n) is 12.2. The van der Waals surface area contributed by atoms with Gasteiger partial charge in [-0.1, -0.05) is 39.0 Å². The van der Waals surface area contributed by atoms with Crippen molar-refractivity contribution in [3.8, 4) is 5.75 Å². The van der Waals surface area contributed by atoms with Gasteiger partial charge in [0.15, 0.2) is 0 Å². The first-order chi connectivity index (χ1) is 8.72. The molecule has 0 aliphatic heterocycles. The van der Waals surface area contributed by atoms with Gasteiger partial charge >= 0.3 is 0 Å². The van der Waals surface area contributed by atoms with Crippen LogP contribution >= 0.6 is 0 Å². The Morgan fingerprint density at radius 1 is 1.28 bits per heavy atom. The molecule has 1 atom stereocenters. The molecule has 0 aromatic heterocycles. The summed E-state index contributed by atoms with van der Waals surface area (Å²) in [4.78, 5) is 0. The molecule has 1 heteroatoms. The van der Waals surface area contributed by atoms with E-state index in [2.05, 4.69) is 58.0 Å². The van der Waals surface area contributed by atoms with Gasteiger partial charge in [-0.05, 0) is 55.4 Å². The van der Waals surface area contributed by atoms with Crippen molar-refractivity contribution in [2.24, 2.45) is 0 Å². The summed E-state index contributed by atoms with van der Waals surface area (Å²) in [5.41, 5.74) is 2.88. The van der Waals surface area contributed by atoms with Gasteiger partial charge in [-0.3, -0.25) is 0 Å². The van der Waals surface area contributed by atoms with Crippen molar-refractivity contribution in [2.45, 2.75) is 52.9 Å². The van der Waals surface area contributed by atoms with Crippen LogP contribution in [0.1, 0.15) is 57.6 Å². The molecule has 1 unspecified atom stereocenters. The van der Waals surface area contributed by atoms with E-state index in [0.717, 1.165) is 31.6 Å². The quantitative estimate of drug-likeness (QED) is 0.608. The molecular weight excluding hydrogens is 220 g/mol. The van der Waals surface area contributed by atoms with Crippen molar-refractivity contribution in [1.82, 2.24) is 0 Å². The number of allylic oxidation sites excluding steroid dienone is 2. The highest BCUT2D eigenvalue weighted by Crippen LogP contribution is 2.27. The SMILES string of the molecule is C/C=C\CC(C)c1ccc(OCCC)cc1CC. The first kappa shape index (κ1) is 14.8. The molecule has 1 aromatic carbocycles. The minimum absolute atomic E-state index is 0.580. The average Bonchev–Trinajstić information content (AvgIpc) is 2.42. The Kier molecular flexibility index (Phi) is 6.56. The lowest BCUT2D eigenvalue weighted by Gasteiger charge is -2.16. The van der Waals surface area contributed by atoms with Crippen LogP contribution in [0.5, 0.6) is 5.75 Å². The van der Waals surface area contributed by atoms with Crippen LogP contribution in [0.2, 0.25) is 0 Å². The van der Waals surface area contributed by atoms with Crippen LogP contribution in [0.15, 0.2) is 30.4 Å². The monoisotopic (exact) mass is 246 g/mol. The summed E-state index contributed by atoms with van der Waals surface area (Å²) in [6.45, 7) is 9.52. The third-order valence-corrected chi connectivity index (χ3v) is 3.22. The standard InChI is InChI=1S/C17H26O/c1-5-8-9-14(4)17-11-10-16(18-12-6-2)13-15(17)7-3/h5,8,10-11,13-14H,6-7,9,12H2,1-4H3/b8-5-. The fourth-order valence-electron chi connectivity index (χ4n) is 2.15. The largest absolute Gasteiger partial charge is 0.494 e. The van der Waals surface area contributed by atoms with E-state index in [1.165, 1.54) is 11.1 Å². The summed E-state index contributed by atoms with van der Waals surface area (Å²) < 4.78 is 5.70. The van der Waals surface area contributed by atoms with Gasteiger partial charge in [0.2, 0.25) is 0 Å². The number of ether oxygens (including phenoxy) is 1. The molecule has 0 spiro atoms. The molecule has 0 saturated carbocycles. The molecule has 0 fully saturated rings. The van der Waals surface area contributed by atoms with E-state index < -0.39 is 0 Å². The van der Waals surface area contributed by atoms with Crippen molar-refractivity contribution in [2.75, 3.05) is 6.61 Å². The summed E-state index contributed by atoms with van der Waals surface area (Å²) in [5.74, 6) is 1.59. The molecule has 100 valence electrons. The number of hydrogen-bond donors (Lipinski definition) is 0. The lowest BCUT2D eigenvalue weighted by molar-refractivity contribution is 0.317. The molecule has 0 heterocycles. The number of hydrogen-bond acceptors (Lipinski definition) is 1. The van der Waals surface area contributed by atoms with E-state index in [1.54, 1.807) is 0 Å². The number of rotatable bonds is 7. The Labute approximate surface area is 112 Å². The van der Waals surface area contributed by atoms with E-state index in [-0.39, 0.29) is 0 Å². The van der Waals surface area contributed by atoms with Crippen molar-refractivity contribution in [3.05, 3.63) is 41.5 Å². The summed E-state index contributed by atoms with van der Waals surface area (Å²) in [7, 11) is 0. The Hall–Kier alpha value is -1.24. The summed E-state index contributed by atoms with van der Waals surface area (Å²) in [5, 5.41) is 0. The van der Waals surface area contributed by atoms with Crippen molar-refractivity contribution in [1.29, 1.82) is 0 Å². The van der Waals surface area contributed by atoms with Gasteiger partial charge < -0.3 is 4.74 Å². The zero-order chi connectivity index (χ0) is 13.4. The zero-order valence-corrected chi connectivity index (χ0v) is 12.2. The molecule has 0 bridgehead atoms. The van der Waals surface area contributed by atoms with Gasteiger partial charge in [0, 0.05) is 0 Å². The molecule has 0 aliphatic carbocycles. The fourth-order valence-corrected chi connectivity index (χ4v) is 2.15. The molecule has 1 nitrogen and oxygen atoms in total. The summed E-state index contributed by atoms with van der Waals surface area (Å²) in [6, 6.07) is 6.55. The number of benzene rings is 1. The van der Waals surface area contributed by atoms with Crippen molar-refractivity contribution in [3.63, 3.8) is 0 Å². The van der Waals surface area contributed by atoms with E-state index in [0.29, 0.717) is 5.92 Å². The molecule has 0 N–H and O–H groups in total. The molecule has 0 radical (unpaired) electrons. The molecule has 18 heavy (non-hydrogen) atoms. The Morgan fingerprint density at radius 2 is 2.06 bits per heavy atom. The maximum Gasteiger partial charge on any atom is 0.119 e. The lowest BCUT2D eigenvalue weighted by atomic mass is 9.91. The molecular formula is C17H26O. The first-order valence-electron chi connectivity index (χ1n) is 7.09. The smallest absolute Gasteiger partial charge is 0.119 e. The van der Waals surface area contributed by atoms with Crippen molar-refractivity contribution < 1.29 is 4.74 Å². The Morgan fingerprint density at radius 3 is 2.67 bits per heavy atom. The van der Waals surface area contributed by atoms with Crippen LogP contribution in [0.25, 0.3) is 0 Å². The lowest BCUT2D eigenvalue weighted by Crippen LogP contribution is -2.01. The van der Waals surface area contributed by atoms with E-state index >= 15 is 0 Å². The number of aryl methyl sites for hydroxylation is 1. The molecule has 1 rings (SSSR count). The topological polar surface area (TPSA) is 9.23 Å². The van der Waals surface area contributed by atoms with Gasteiger partial charge in [-0.15, -0.1) is 0 Å². The van der Waals surface area contributed by atoms with Crippen LogP contribution in [0, 0.1) is 0 Å². The van der Waals surface area contributed by atoms with Crippen LogP contribution in [0.3, 0.4) is 0 Å². The highest BCUT2D eigenvalue weighted by Gasteiger charge is 2.09. The molecule has 0 saturated heterocycles. The fraction of sp³-hybridized carbons (Fsp3) is 0.529. The van der Waals surface area contributed by atoms with Crippen LogP contribution in [-0.4, -0.2) is 6.61 Å². The van der Waals surface area contributed by atoms with E-state index in [4.69, 9.17) is 4.74 Å². The van der Waals surface area contributed by atoms with Gasteiger partial charge in [0.05, 0.1) is 6.61 Å². The minimum Gasteiger partial charge on any atom is -0.494 e. The Balaban J connectivity index is 2.85. The van der Waals surface area contributed by atoms with E-state index in [9.17, 15) is 0 Å². The first-order valence-corrected chi connectivity index (χ1v) is 7.09. The Bertz CT molecular complexity index is 379. The maximum absolute atomic E-state index is 5.70. The highest BCUT2D eigenvalue weighted by atomic mass is 16.5. The second kappa shape index (κ2) is 7.97. The van der Waals surface area contributed by atoms with Crippen LogP contribution < -0.4 is 4.74 Å².